The Morgan fingerprint density at radius 3 is 2.75 bits per heavy atom. The maximum atomic E-state index is 12.4. The summed E-state index contributed by atoms with van der Waals surface area (Å²) >= 11 is 1.30. The minimum absolute atomic E-state index is 0.0153. The van der Waals surface area contributed by atoms with Gasteiger partial charge < -0.3 is 15.9 Å². The van der Waals surface area contributed by atoms with Crippen LogP contribution in [-0.4, -0.2) is 39.2 Å². The molecule has 3 atom stereocenters. The van der Waals surface area contributed by atoms with Crippen LogP contribution in [-0.2, 0) is 4.79 Å². The van der Waals surface area contributed by atoms with Gasteiger partial charge in [-0.3, -0.25) is 4.79 Å². The second-order valence-electron chi connectivity index (χ2n) is 7.36. The van der Waals surface area contributed by atoms with E-state index in [0.717, 1.165) is 17.7 Å². The molecule has 28 heavy (non-hydrogen) atoms. The highest BCUT2D eigenvalue weighted by molar-refractivity contribution is 7.99. The fraction of sp³-hybridized carbons (Fsp3) is 0.550. The molecule has 1 aromatic heterocycles. The number of nitrogen functional groups attached to an aromatic ring is 1. The molecular weight excluding hydrogens is 374 g/mol. The number of benzene rings is 1. The van der Waals surface area contributed by atoms with E-state index in [0.29, 0.717) is 29.4 Å². The van der Waals surface area contributed by atoms with Gasteiger partial charge in [0, 0.05) is 11.6 Å². The molecule has 1 heterocycles. The van der Waals surface area contributed by atoms with Gasteiger partial charge in [0.05, 0.1) is 12.4 Å². The summed E-state index contributed by atoms with van der Waals surface area (Å²) in [5, 5.41) is 12.0. The summed E-state index contributed by atoms with van der Waals surface area (Å²) in [6.07, 6.45) is 3.47. The number of rotatable bonds is 7. The standard InChI is InChI=1S/C20H29N5O2S/c1-4-27-16-10-8-15(9-11-16)19-23-24-20(25(19)21)28-12-18(26)22-17-7-5-6-13(2)14(17)3/h8-11,13-14,17H,4-7,12,21H2,1-3H3,(H,22,26)/t13-,14+,17+/m1/s1. The first-order valence-corrected chi connectivity index (χ1v) is 10.8. The Labute approximate surface area is 170 Å². The number of nitrogens with zero attached hydrogens (tertiary/aromatic N) is 3. The average Bonchev–Trinajstić information content (AvgIpc) is 3.05. The Balaban J connectivity index is 1.57. The number of amides is 1. The first-order valence-electron chi connectivity index (χ1n) is 9.85. The van der Waals surface area contributed by atoms with E-state index in [1.54, 1.807) is 0 Å². The molecule has 1 aliphatic rings. The summed E-state index contributed by atoms with van der Waals surface area (Å²) < 4.78 is 6.88. The molecule has 1 saturated carbocycles. The number of hydrogen-bond acceptors (Lipinski definition) is 6. The molecule has 0 bridgehead atoms. The molecule has 2 aromatic rings. The van der Waals surface area contributed by atoms with E-state index in [9.17, 15) is 4.79 Å². The molecule has 0 saturated heterocycles. The molecule has 1 aliphatic carbocycles. The van der Waals surface area contributed by atoms with Gasteiger partial charge in [-0.25, -0.2) is 4.68 Å². The number of nitrogens with one attached hydrogen (secondary N) is 1. The molecule has 8 heteroatoms. The fourth-order valence-electron chi connectivity index (χ4n) is 3.60. The van der Waals surface area contributed by atoms with Crippen molar-refractivity contribution in [3.63, 3.8) is 0 Å². The first kappa shape index (κ1) is 20.5. The number of carbonyl (C=O) groups excluding carboxylic acids is 1. The zero-order chi connectivity index (χ0) is 20.1. The van der Waals surface area contributed by atoms with Gasteiger partial charge in [0.15, 0.2) is 5.82 Å². The Morgan fingerprint density at radius 2 is 2.04 bits per heavy atom. The summed E-state index contributed by atoms with van der Waals surface area (Å²) in [6.45, 7) is 7.05. The highest BCUT2D eigenvalue weighted by Crippen LogP contribution is 2.29. The van der Waals surface area contributed by atoms with Gasteiger partial charge >= 0.3 is 0 Å². The Kier molecular flexibility index (Phi) is 6.83. The summed E-state index contributed by atoms with van der Waals surface area (Å²) in [5.74, 6) is 8.95. The first-order chi connectivity index (χ1) is 13.5. The Morgan fingerprint density at radius 1 is 1.29 bits per heavy atom. The Hall–Kier alpha value is -2.22. The monoisotopic (exact) mass is 403 g/mol. The van der Waals surface area contributed by atoms with E-state index in [2.05, 4.69) is 29.4 Å². The number of hydrogen-bond donors (Lipinski definition) is 2. The van der Waals surface area contributed by atoms with Crippen LogP contribution in [0.3, 0.4) is 0 Å². The minimum atomic E-state index is 0.0153. The average molecular weight is 404 g/mol. The van der Waals surface area contributed by atoms with Crippen LogP contribution in [0.4, 0.5) is 0 Å². The molecule has 1 amide bonds. The molecule has 0 aliphatic heterocycles. The van der Waals surface area contributed by atoms with Crippen molar-refractivity contribution in [2.75, 3.05) is 18.2 Å². The minimum Gasteiger partial charge on any atom is -0.494 e. The number of thioether (sulfide) groups is 1. The van der Waals surface area contributed by atoms with E-state index in [-0.39, 0.29) is 17.7 Å². The van der Waals surface area contributed by atoms with Gasteiger partial charge in [0.2, 0.25) is 11.1 Å². The van der Waals surface area contributed by atoms with Crippen molar-refractivity contribution in [1.82, 2.24) is 20.2 Å². The molecule has 1 fully saturated rings. The largest absolute Gasteiger partial charge is 0.494 e. The quantitative estimate of drug-likeness (QED) is 0.545. The van der Waals surface area contributed by atoms with Gasteiger partial charge in [0.25, 0.3) is 0 Å². The van der Waals surface area contributed by atoms with Crippen LogP contribution in [0.1, 0.15) is 40.0 Å². The van der Waals surface area contributed by atoms with Crippen LogP contribution < -0.4 is 15.9 Å². The normalized spacial score (nSPS) is 22.0. The van der Waals surface area contributed by atoms with Crippen molar-refractivity contribution in [3.05, 3.63) is 24.3 Å². The fourth-order valence-corrected chi connectivity index (χ4v) is 4.27. The van der Waals surface area contributed by atoms with Gasteiger partial charge in [-0.15, -0.1) is 10.2 Å². The number of ether oxygens (including phenoxy) is 1. The third-order valence-corrected chi connectivity index (χ3v) is 6.42. The molecule has 7 nitrogen and oxygen atoms in total. The maximum Gasteiger partial charge on any atom is 0.230 e. The van der Waals surface area contributed by atoms with Crippen molar-refractivity contribution in [1.29, 1.82) is 0 Å². The van der Waals surface area contributed by atoms with Crippen molar-refractivity contribution in [2.45, 2.75) is 51.2 Å². The number of aromatic nitrogens is 3. The lowest BCUT2D eigenvalue weighted by Gasteiger charge is -2.34. The van der Waals surface area contributed by atoms with E-state index in [4.69, 9.17) is 10.6 Å². The van der Waals surface area contributed by atoms with E-state index >= 15 is 0 Å². The van der Waals surface area contributed by atoms with Gasteiger partial charge in [0.1, 0.15) is 5.75 Å². The van der Waals surface area contributed by atoms with Crippen LogP contribution >= 0.6 is 11.8 Å². The molecule has 152 valence electrons. The summed E-state index contributed by atoms with van der Waals surface area (Å²) in [6, 6.07) is 7.79. The van der Waals surface area contributed by atoms with Crippen LogP contribution in [0.15, 0.2) is 29.4 Å². The summed E-state index contributed by atoms with van der Waals surface area (Å²) in [5.41, 5.74) is 0.847. The van der Waals surface area contributed by atoms with E-state index in [1.165, 1.54) is 29.3 Å². The molecule has 0 unspecified atom stereocenters. The van der Waals surface area contributed by atoms with Crippen molar-refractivity contribution in [2.24, 2.45) is 11.8 Å². The second kappa shape index (κ2) is 9.32. The highest BCUT2D eigenvalue weighted by atomic mass is 32.2. The van der Waals surface area contributed by atoms with Gasteiger partial charge in [-0.2, -0.15) is 0 Å². The lowest BCUT2D eigenvalue weighted by Crippen LogP contribution is -2.44. The van der Waals surface area contributed by atoms with E-state index in [1.807, 2.05) is 31.2 Å². The second-order valence-corrected chi connectivity index (χ2v) is 8.31. The zero-order valence-electron chi connectivity index (χ0n) is 16.7. The third kappa shape index (κ3) is 4.79. The smallest absolute Gasteiger partial charge is 0.230 e. The van der Waals surface area contributed by atoms with Crippen molar-refractivity contribution >= 4 is 17.7 Å². The number of nitrogens with two attached hydrogens (primary N) is 1. The molecule has 1 aromatic carbocycles. The maximum absolute atomic E-state index is 12.4. The molecule has 0 spiro atoms. The predicted octanol–water partition coefficient (Wildman–Crippen LogP) is 3.09. The predicted molar refractivity (Wildman–Crippen MR) is 112 cm³/mol. The summed E-state index contributed by atoms with van der Waals surface area (Å²) in [7, 11) is 0. The van der Waals surface area contributed by atoms with Gasteiger partial charge in [-0.05, 0) is 49.4 Å². The van der Waals surface area contributed by atoms with Crippen molar-refractivity contribution in [3.8, 4) is 17.1 Å². The molecule has 3 N–H and O–H groups in total. The molecule has 3 rings (SSSR count). The zero-order valence-corrected chi connectivity index (χ0v) is 17.5. The molecule has 0 radical (unpaired) electrons. The SMILES string of the molecule is CCOc1ccc(-c2nnc(SCC(=O)N[C@H]3CCC[C@@H](C)[C@@H]3C)n2N)cc1. The van der Waals surface area contributed by atoms with E-state index < -0.39 is 0 Å². The Bertz CT molecular complexity index is 792. The van der Waals surface area contributed by atoms with Crippen LogP contribution in [0.5, 0.6) is 5.75 Å². The van der Waals surface area contributed by atoms with Crippen LogP contribution in [0.2, 0.25) is 0 Å². The third-order valence-electron chi connectivity index (χ3n) is 5.47. The number of carbonyl (C=O) groups is 1. The molecular formula is C20H29N5O2S. The van der Waals surface area contributed by atoms with Crippen LogP contribution in [0.25, 0.3) is 11.4 Å². The highest BCUT2D eigenvalue weighted by Gasteiger charge is 2.28. The lowest BCUT2D eigenvalue weighted by molar-refractivity contribution is -0.120. The topological polar surface area (TPSA) is 95.1 Å². The summed E-state index contributed by atoms with van der Waals surface area (Å²) in [4.78, 5) is 12.4. The van der Waals surface area contributed by atoms with Crippen LogP contribution in [0, 0.1) is 11.8 Å². The van der Waals surface area contributed by atoms with Gasteiger partial charge in [-0.1, -0.05) is 38.5 Å². The van der Waals surface area contributed by atoms with Crippen molar-refractivity contribution < 1.29 is 9.53 Å². The lowest BCUT2D eigenvalue weighted by atomic mass is 9.78.